The van der Waals surface area contributed by atoms with Crippen molar-refractivity contribution >= 4 is 33.6 Å². The van der Waals surface area contributed by atoms with Gasteiger partial charge in [-0.1, -0.05) is 6.07 Å². The molecule has 4 heteroatoms. The Morgan fingerprint density at radius 2 is 2.27 bits per heavy atom. The monoisotopic (exact) mass is 215 g/mol. The summed E-state index contributed by atoms with van der Waals surface area (Å²) >= 11 is 1.66. The zero-order valence-electron chi connectivity index (χ0n) is 8.19. The number of fused-ring (bicyclic) bond motifs is 3. The Kier molecular flexibility index (Phi) is 1.89. The van der Waals surface area contributed by atoms with E-state index in [9.17, 15) is 0 Å². The third kappa shape index (κ3) is 1.29. The summed E-state index contributed by atoms with van der Waals surface area (Å²) in [6.45, 7) is 0. The minimum atomic E-state index is 1.03. The van der Waals surface area contributed by atoms with E-state index in [0.717, 1.165) is 21.4 Å². The van der Waals surface area contributed by atoms with Gasteiger partial charge in [0, 0.05) is 17.0 Å². The van der Waals surface area contributed by atoms with Crippen molar-refractivity contribution in [2.75, 3.05) is 6.26 Å². The lowest BCUT2D eigenvalue weighted by atomic mass is 10.2. The molecule has 0 amide bonds. The van der Waals surface area contributed by atoms with E-state index in [4.69, 9.17) is 0 Å². The summed E-state index contributed by atoms with van der Waals surface area (Å²) in [5.41, 5.74) is 2.10. The van der Waals surface area contributed by atoms with E-state index in [1.165, 1.54) is 5.39 Å². The van der Waals surface area contributed by atoms with Gasteiger partial charge in [-0.3, -0.25) is 0 Å². The fourth-order valence-electron chi connectivity index (χ4n) is 1.72. The summed E-state index contributed by atoms with van der Waals surface area (Å²) in [5.74, 6) is 0. The molecule has 0 fully saturated rings. The van der Waals surface area contributed by atoms with E-state index >= 15 is 0 Å². The third-order valence-electron chi connectivity index (χ3n) is 2.46. The van der Waals surface area contributed by atoms with Gasteiger partial charge in [0.25, 0.3) is 0 Å². The zero-order valence-corrected chi connectivity index (χ0v) is 9.01. The first kappa shape index (κ1) is 8.73. The van der Waals surface area contributed by atoms with Crippen molar-refractivity contribution in [3.05, 3.63) is 30.7 Å². The molecule has 3 rings (SSSR count). The van der Waals surface area contributed by atoms with Crippen molar-refractivity contribution < 1.29 is 0 Å². The van der Waals surface area contributed by atoms with Crippen LogP contribution in [0.4, 0.5) is 0 Å². The lowest BCUT2D eigenvalue weighted by molar-refractivity contribution is 1.22. The third-order valence-corrected chi connectivity index (χ3v) is 3.08. The Balaban J connectivity index is 2.47. The van der Waals surface area contributed by atoms with Gasteiger partial charge in [0.05, 0.1) is 22.4 Å². The molecule has 0 radical (unpaired) electrons. The van der Waals surface area contributed by atoms with Crippen LogP contribution in [-0.2, 0) is 0 Å². The van der Waals surface area contributed by atoms with Crippen LogP contribution in [0.5, 0.6) is 0 Å². The standard InChI is InChI=1S/C11H9N3S/c1-15-10-4-7-2-3-9-8(11(7)14-10)5-12-6-13-9/h2-6H,1H3,(H,12,13). The molecule has 1 aromatic carbocycles. The average molecular weight is 215 g/mol. The number of thioether (sulfide) groups is 1. The summed E-state index contributed by atoms with van der Waals surface area (Å²) in [6, 6.07) is 6.25. The highest BCUT2D eigenvalue weighted by atomic mass is 32.2. The number of nitrogens with one attached hydrogen (secondary N) is 1. The highest BCUT2D eigenvalue weighted by molar-refractivity contribution is 7.98. The first-order chi connectivity index (χ1) is 7.38. The fraction of sp³-hybridized carbons (Fsp3) is 0.0909. The van der Waals surface area contributed by atoms with Gasteiger partial charge in [-0.25, -0.2) is 9.97 Å². The Morgan fingerprint density at radius 3 is 3.13 bits per heavy atom. The SMILES string of the molecule is CSc1cc2ccc3[nH]cncc3c2n1. The minimum Gasteiger partial charge on any atom is -0.346 e. The van der Waals surface area contributed by atoms with Crippen molar-refractivity contribution in [3.8, 4) is 0 Å². The van der Waals surface area contributed by atoms with Crippen LogP contribution in [0, 0.1) is 0 Å². The molecule has 0 saturated carbocycles. The van der Waals surface area contributed by atoms with Gasteiger partial charge in [-0.05, 0) is 18.4 Å². The van der Waals surface area contributed by atoms with Crippen molar-refractivity contribution in [2.45, 2.75) is 5.03 Å². The van der Waals surface area contributed by atoms with E-state index in [1.54, 1.807) is 18.1 Å². The zero-order chi connectivity index (χ0) is 10.3. The predicted molar refractivity (Wildman–Crippen MR) is 63.2 cm³/mol. The van der Waals surface area contributed by atoms with E-state index in [0.29, 0.717) is 0 Å². The maximum atomic E-state index is 4.56. The van der Waals surface area contributed by atoms with Gasteiger partial charge in [0.2, 0.25) is 0 Å². The van der Waals surface area contributed by atoms with Crippen LogP contribution in [-0.4, -0.2) is 21.2 Å². The molecule has 0 aliphatic heterocycles. The van der Waals surface area contributed by atoms with Gasteiger partial charge in [-0.15, -0.1) is 11.8 Å². The number of aromatic nitrogens is 3. The molecule has 0 spiro atoms. The van der Waals surface area contributed by atoms with E-state index in [1.807, 2.05) is 12.5 Å². The molecule has 2 heterocycles. The summed E-state index contributed by atoms with van der Waals surface area (Å²) in [4.78, 5) is 11.8. The number of benzene rings is 1. The molecule has 0 aliphatic carbocycles. The number of H-pyrrole nitrogens is 1. The molecule has 74 valence electrons. The summed E-state index contributed by atoms with van der Waals surface area (Å²) in [6.07, 6.45) is 5.58. The minimum absolute atomic E-state index is 1.03. The quantitative estimate of drug-likeness (QED) is 0.635. The molecule has 0 atom stereocenters. The highest BCUT2D eigenvalue weighted by Gasteiger charge is 2.05. The van der Waals surface area contributed by atoms with Gasteiger partial charge in [0.1, 0.15) is 0 Å². The first-order valence-corrected chi connectivity index (χ1v) is 5.87. The van der Waals surface area contributed by atoms with Gasteiger partial charge >= 0.3 is 0 Å². The van der Waals surface area contributed by atoms with Crippen LogP contribution < -0.4 is 0 Å². The van der Waals surface area contributed by atoms with E-state index in [-0.39, 0.29) is 0 Å². The molecule has 3 nitrogen and oxygen atoms in total. The molecule has 2 aromatic heterocycles. The second-order valence-corrected chi connectivity index (χ2v) is 4.14. The van der Waals surface area contributed by atoms with Crippen LogP contribution >= 0.6 is 11.8 Å². The highest BCUT2D eigenvalue weighted by Crippen LogP contribution is 2.26. The van der Waals surface area contributed by atoms with Crippen LogP contribution in [0.1, 0.15) is 0 Å². The van der Waals surface area contributed by atoms with Crippen molar-refractivity contribution in [1.29, 1.82) is 0 Å². The van der Waals surface area contributed by atoms with Crippen molar-refractivity contribution in [3.63, 3.8) is 0 Å². The second-order valence-electron chi connectivity index (χ2n) is 3.31. The molecule has 1 N–H and O–H groups in total. The Labute approximate surface area is 90.9 Å². The van der Waals surface area contributed by atoms with E-state index < -0.39 is 0 Å². The Hall–Kier alpha value is -1.55. The second kappa shape index (κ2) is 3.24. The van der Waals surface area contributed by atoms with Crippen LogP contribution in [0.2, 0.25) is 0 Å². The van der Waals surface area contributed by atoms with Gasteiger partial charge < -0.3 is 4.98 Å². The van der Waals surface area contributed by atoms with E-state index in [2.05, 4.69) is 33.2 Å². The number of aromatic amines is 1. The van der Waals surface area contributed by atoms with Gasteiger partial charge in [-0.2, -0.15) is 0 Å². The Morgan fingerprint density at radius 1 is 1.33 bits per heavy atom. The molecule has 0 aliphatic rings. The maximum Gasteiger partial charge on any atom is 0.0971 e. The van der Waals surface area contributed by atoms with Crippen LogP contribution in [0.25, 0.3) is 21.8 Å². The number of hydrogen-bond acceptors (Lipinski definition) is 3. The average Bonchev–Trinajstić information content (AvgIpc) is 2.72. The maximum absolute atomic E-state index is 4.56. The fourth-order valence-corrected chi connectivity index (χ4v) is 2.15. The first-order valence-electron chi connectivity index (χ1n) is 4.64. The topological polar surface area (TPSA) is 41.6 Å². The molecule has 15 heavy (non-hydrogen) atoms. The molecule has 3 aromatic rings. The lowest BCUT2D eigenvalue weighted by Gasteiger charge is -1.97. The van der Waals surface area contributed by atoms with Crippen molar-refractivity contribution in [2.24, 2.45) is 0 Å². The lowest BCUT2D eigenvalue weighted by Crippen LogP contribution is -1.81. The van der Waals surface area contributed by atoms with Crippen LogP contribution in [0.3, 0.4) is 0 Å². The van der Waals surface area contributed by atoms with Crippen molar-refractivity contribution in [1.82, 2.24) is 15.0 Å². The number of nitrogens with zero attached hydrogens (tertiary/aromatic N) is 2. The van der Waals surface area contributed by atoms with Gasteiger partial charge in [0.15, 0.2) is 0 Å². The predicted octanol–water partition coefficient (Wildman–Crippen LogP) is 2.83. The molecule has 0 saturated heterocycles. The normalized spacial score (nSPS) is 11.3. The number of hydrogen-bond donors (Lipinski definition) is 1. The van der Waals surface area contributed by atoms with Crippen LogP contribution in [0.15, 0.2) is 35.7 Å². The molecular weight excluding hydrogens is 206 g/mol. The largest absolute Gasteiger partial charge is 0.346 e. The molecular formula is C11H9N3S. The summed E-state index contributed by atoms with van der Waals surface area (Å²) in [7, 11) is 0. The number of rotatable bonds is 1. The smallest absolute Gasteiger partial charge is 0.0971 e. The summed E-state index contributed by atoms with van der Waals surface area (Å²) in [5, 5.41) is 3.31. The molecule has 0 bridgehead atoms. The Bertz CT molecular complexity index is 630. The molecule has 0 unspecified atom stereocenters. The summed E-state index contributed by atoms with van der Waals surface area (Å²) < 4.78 is 0.